The first-order valence-corrected chi connectivity index (χ1v) is 10.3. The minimum Gasteiger partial charge on any atom is -0.313 e. The van der Waals surface area contributed by atoms with Gasteiger partial charge in [0.2, 0.25) is 0 Å². The maximum atomic E-state index is 3.87. The Bertz CT molecular complexity index is 217. The lowest BCUT2D eigenvalue weighted by atomic mass is 9.90. The first-order chi connectivity index (χ1) is 8.60. The average Bonchev–Trinajstić information content (AvgIpc) is 3.16. The van der Waals surface area contributed by atoms with E-state index in [1.807, 2.05) is 0 Å². The highest BCUT2D eigenvalue weighted by atomic mass is 127. The number of hydrogen-bond acceptors (Lipinski definition) is 1. The van der Waals surface area contributed by atoms with E-state index in [1.54, 1.807) is 0 Å². The molecule has 1 aliphatic carbocycles. The monoisotopic (exact) mass is 477 g/mol. The van der Waals surface area contributed by atoms with Crippen LogP contribution in [-0.2, 0) is 0 Å². The van der Waals surface area contributed by atoms with Crippen molar-refractivity contribution in [3.05, 3.63) is 0 Å². The van der Waals surface area contributed by atoms with Crippen molar-refractivity contribution >= 4 is 45.2 Å². The van der Waals surface area contributed by atoms with Gasteiger partial charge in [0.25, 0.3) is 0 Å². The molecular formula is C15H29I2N. The van der Waals surface area contributed by atoms with E-state index < -0.39 is 0 Å². The molecule has 2 unspecified atom stereocenters. The highest BCUT2D eigenvalue weighted by Crippen LogP contribution is 2.36. The van der Waals surface area contributed by atoms with Gasteiger partial charge in [-0.1, -0.05) is 66.0 Å². The van der Waals surface area contributed by atoms with Crippen LogP contribution in [0.25, 0.3) is 0 Å². The molecule has 1 aliphatic rings. The van der Waals surface area contributed by atoms with Crippen LogP contribution in [0.3, 0.4) is 0 Å². The van der Waals surface area contributed by atoms with Crippen LogP contribution in [0, 0.1) is 17.8 Å². The first kappa shape index (κ1) is 17.5. The number of halogens is 2. The van der Waals surface area contributed by atoms with Gasteiger partial charge >= 0.3 is 0 Å². The zero-order chi connectivity index (χ0) is 13.5. The molecular weight excluding hydrogens is 448 g/mol. The van der Waals surface area contributed by atoms with Crippen molar-refractivity contribution in [2.45, 2.75) is 62.8 Å². The summed E-state index contributed by atoms with van der Waals surface area (Å²) in [4.78, 5) is 0. The summed E-state index contributed by atoms with van der Waals surface area (Å²) in [5, 5.41) is 3.87. The zero-order valence-corrected chi connectivity index (χ0v) is 16.4. The largest absolute Gasteiger partial charge is 0.313 e. The van der Waals surface area contributed by atoms with Gasteiger partial charge in [0.05, 0.1) is 0 Å². The summed E-state index contributed by atoms with van der Waals surface area (Å²) in [6.45, 7) is 8.30. The molecule has 108 valence electrons. The summed E-state index contributed by atoms with van der Waals surface area (Å²) in [6.07, 6.45) is 6.96. The van der Waals surface area contributed by atoms with Gasteiger partial charge in [0.15, 0.2) is 0 Å². The van der Waals surface area contributed by atoms with Crippen LogP contribution in [0.5, 0.6) is 0 Å². The maximum Gasteiger partial charge on any atom is 0.0263 e. The summed E-state index contributed by atoms with van der Waals surface area (Å²) >= 11 is 5.16. The second-order valence-corrected chi connectivity index (χ2v) is 8.69. The summed E-state index contributed by atoms with van der Waals surface area (Å²) in [5.41, 5.74) is 0. The fraction of sp³-hybridized carbons (Fsp3) is 1.00. The molecule has 0 aliphatic heterocycles. The van der Waals surface area contributed by atoms with Gasteiger partial charge in [0.1, 0.15) is 0 Å². The standard InChI is InChI=1S/C15H29I2N/c1-4-14(17)15(13-5-6-13)18-10-8-12(7-9-16)11(2)3/h11-15,18H,4-10H2,1-3H3/t12?,14?,15-/m0/s1. The summed E-state index contributed by atoms with van der Waals surface area (Å²) in [6, 6.07) is 0.781. The topological polar surface area (TPSA) is 12.0 Å². The van der Waals surface area contributed by atoms with E-state index in [1.165, 1.54) is 43.1 Å². The fourth-order valence-electron chi connectivity index (χ4n) is 2.69. The minimum atomic E-state index is 0.781. The molecule has 3 heteroatoms. The normalized spacial score (nSPS) is 21.0. The van der Waals surface area contributed by atoms with E-state index in [4.69, 9.17) is 0 Å². The van der Waals surface area contributed by atoms with Crippen molar-refractivity contribution in [2.75, 3.05) is 11.0 Å². The Hall–Kier alpha value is 1.42. The third kappa shape index (κ3) is 6.25. The van der Waals surface area contributed by atoms with Crippen molar-refractivity contribution < 1.29 is 0 Å². The van der Waals surface area contributed by atoms with E-state index in [2.05, 4.69) is 71.3 Å². The first-order valence-electron chi connectivity index (χ1n) is 7.53. The molecule has 0 aromatic heterocycles. The number of nitrogens with one attached hydrogen (secondary N) is 1. The molecule has 0 aromatic rings. The van der Waals surface area contributed by atoms with Crippen molar-refractivity contribution in [3.8, 4) is 0 Å². The lowest BCUT2D eigenvalue weighted by molar-refractivity contribution is 0.331. The molecule has 0 aromatic carbocycles. The van der Waals surface area contributed by atoms with Crippen molar-refractivity contribution in [3.63, 3.8) is 0 Å². The van der Waals surface area contributed by atoms with Crippen LogP contribution in [0.15, 0.2) is 0 Å². The van der Waals surface area contributed by atoms with Crippen LogP contribution in [0.4, 0.5) is 0 Å². The molecule has 0 amide bonds. The molecule has 1 saturated carbocycles. The van der Waals surface area contributed by atoms with E-state index in [9.17, 15) is 0 Å². The predicted octanol–water partition coefficient (Wildman–Crippen LogP) is 5.06. The van der Waals surface area contributed by atoms with E-state index in [-0.39, 0.29) is 0 Å². The van der Waals surface area contributed by atoms with Crippen LogP contribution in [0.2, 0.25) is 0 Å². The van der Waals surface area contributed by atoms with Gasteiger partial charge < -0.3 is 5.32 Å². The van der Waals surface area contributed by atoms with Gasteiger partial charge in [-0.2, -0.15) is 0 Å². The van der Waals surface area contributed by atoms with Crippen LogP contribution >= 0.6 is 45.2 Å². The Kier molecular flexibility index (Phi) is 9.10. The quantitative estimate of drug-likeness (QED) is 0.343. The highest BCUT2D eigenvalue weighted by Gasteiger charge is 2.34. The molecule has 18 heavy (non-hydrogen) atoms. The predicted molar refractivity (Wildman–Crippen MR) is 99.1 cm³/mol. The fourth-order valence-corrected chi connectivity index (χ4v) is 4.33. The molecule has 1 N–H and O–H groups in total. The Balaban J connectivity index is 2.28. The third-order valence-corrected chi connectivity index (χ3v) is 6.51. The molecule has 0 bridgehead atoms. The summed E-state index contributed by atoms with van der Waals surface area (Å²) < 4.78 is 2.12. The maximum absolute atomic E-state index is 3.87. The summed E-state index contributed by atoms with van der Waals surface area (Å²) in [5.74, 6) is 2.72. The zero-order valence-electron chi connectivity index (χ0n) is 12.1. The van der Waals surface area contributed by atoms with Crippen molar-refractivity contribution in [1.29, 1.82) is 0 Å². The minimum absolute atomic E-state index is 0.781. The molecule has 1 fully saturated rings. The van der Waals surface area contributed by atoms with Gasteiger partial charge in [-0.25, -0.2) is 0 Å². The van der Waals surface area contributed by atoms with Crippen LogP contribution in [0.1, 0.15) is 52.9 Å². The molecule has 0 heterocycles. The average molecular weight is 477 g/mol. The number of alkyl halides is 2. The molecule has 0 radical (unpaired) electrons. The molecule has 0 spiro atoms. The Morgan fingerprint density at radius 1 is 1.22 bits per heavy atom. The number of rotatable bonds is 10. The molecule has 3 atom stereocenters. The van der Waals surface area contributed by atoms with Gasteiger partial charge in [0, 0.05) is 9.97 Å². The van der Waals surface area contributed by atoms with Gasteiger partial charge in [-0.15, -0.1) is 0 Å². The highest BCUT2D eigenvalue weighted by molar-refractivity contribution is 14.1. The molecule has 1 rings (SSSR count). The Morgan fingerprint density at radius 2 is 1.89 bits per heavy atom. The Morgan fingerprint density at radius 3 is 2.33 bits per heavy atom. The van der Waals surface area contributed by atoms with E-state index >= 15 is 0 Å². The van der Waals surface area contributed by atoms with Crippen molar-refractivity contribution in [1.82, 2.24) is 5.32 Å². The van der Waals surface area contributed by atoms with Gasteiger partial charge in [-0.05, 0) is 60.8 Å². The van der Waals surface area contributed by atoms with Crippen LogP contribution < -0.4 is 5.32 Å². The lowest BCUT2D eigenvalue weighted by Crippen LogP contribution is -2.39. The third-order valence-electron chi connectivity index (χ3n) is 4.23. The van der Waals surface area contributed by atoms with E-state index in [0.29, 0.717) is 0 Å². The molecule has 1 nitrogen and oxygen atoms in total. The van der Waals surface area contributed by atoms with E-state index in [0.717, 1.165) is 27.7 Å². The second-order valence-electron chi connectivity index (χ2n) is 6.01. The second kappa shape index (κ2) is 9.37. The summed E-state index contributed by atoms with van der Waals surface area (Å²) in [7, 11) is 0. The molecule has 0 saturated heterocycles. The number of hydrogen-bond donors (Lipinski definition) is 1. The SMILES string of the molecule is CCC(I)[C@@H](NCCC(CCI)C(C)C)C1CC1. The Labute approximate surface area is 141 Å². The van der Waals surface area contributed by atoms with Crippen molar-refractivity contribution in [2.24, 2.45) is 17.8 Å². The lowest BCUT2D eigenvalue weighted by Gasteiger charge is -2.25. The smallest absolute Gasteiger partial charge is 0.0263 e. The van der Waals surface area contributed by atoms with Crippen LogP contribution in [-0.4, -0.2) is 20.9 Å². The van der Waals surface area contributed by atoms with Gasteiger partial charge in [-0.3, -0.25) is 0 Å².